The minimum Gasteiger partial charge on any atom is -0.461 e. The van der Waals surface area contributed by atoms with Crippen molar-refractivity contribution in [2.75, 3.05) is 0 Å². The van der Waals surface area contributed by atoms with Crippen LogP contribution < -0.4 is 0 Å². The van der Waals surface area contributed by atoms with Gasteiger partial charge in [0, 0.05) is 0 Å². The number of hydrogen-bond acceptors (Lipinski definition) is 2. The Labute approximate surface area is 97.9 Å². The second-order valence-corrected chi connectivity index (χ2v) is 3.85. The zero-order valence-electron chi connectivity index (χ0n) is 8.75. The summed E-state index contributed by atoms with van der Waals surface area (Å²) in [7, 11) is 0. The van der Waals surface area contributed by atoms with Gasteiger partial charge in [-0.15, -0.1) is 0 Å². The van der Waals surface area contributed by atoms with E-state index >= 15 is 0 Å². The molecule has 0 heterocycles. The minimum atomic E-state index is -5.99. The van der Waals surface area contributed by atoms with Crippen molar-refractivity contribution in [2.24, 2.45) is 0 Å². The molecule has 0 aromatic heterocycles. The van der Waals surface area contributed by atoms with E-state index in [4.69, 9.17) is 0 Å². The van der Waals surface area contributed by atoms with Gasteiger partial charge in [-0.25, -0.2) is 4.79 Å². The Hall–Kier alpha value is -0.660. The molecule has 1 atom stereocenters. The molecule has 0 aliphatic rings. The van der Waals surface area contributed by atoms with Gasteiger partial charge in [0.25, 0.3) is 0 Å². The number of rotatable bonds is 3. The fraction of sp³-hybridized carbons (Fsp3) is 0.875. The molecule has 0 saturated heterocycles. The van der Waals surface area contributed by atoms with Crippen LogP contribution >= 0.6 is 11.6 Å². The van der Waals surface area contributed by atoms with E-state index < -0.39 is 29.3 Å². The first-order valence-corrected chi connectivity index (χ1v) is 4.79. The van der Waals surface area contributed by atoms with Gasteiger partial charge in [0.2, 0.25) is 0 Å². The van der Waals surface area contributed by atoms with Gasteiger partial charge in [-0.05, 0) is 13.3 Å². The van der Waals surface area contributed by atoms with Crippen molar-refractivity contribution in [2.45, 2.75) is 43.6 Å². The largest absolute Gasteiger partial charge is 0.461 e. The summed E-state index contributed by atoms with van der Waals surface area (Å²) in [6.45, 7) is 2.58. The fourth-order valence-corrected chi connectivity index (χ4v) is 0.784. The van der Waals surface area contributed by atoms with Crippen LogP contribution in [0.4, 0.5) is 26.3 Å². The van der Waals surface area contributed by atoms with Gasteiger partial charge in [-0.1, -0.05) is 18.5 Å². The number of carbonyl (C=O) groups is 1. The van der Waals surface area contributed by atoms with E-state index in [9.17, 15) is 31.1 Å². The summed E-state index contributed by atoms with van der Waals surface area (Å²) in [5.41, 5.74) is 0. The molecule has 0 radical (unpaired) electrons. The highest BCUT2D eigenvalue weighted by atomic mass is 35.5. The molecule has 9 heteroatoms. The van der Waals surface area contributed by atoms with Crippen molar-refractivity contribution in [1.29, 1.82) is 0 Å². The van der Waals surface area contributed by atoms with Crippen LogP contribution in [-0.4, -0.2) is 29.3 Å². The van der Waals surface area contributed by atoms with E-state index in [-0.39, 0.29) is 6.42 Å². The van der Waals surface area contributed by atoms with Crippen molar-refractivity contribution in [3.63, 3.8) is 0 Å². The average molecular weight is 287 g/mol. The SMILES string of the molecule is CCC(C)OC(=O)C(Cl)(C(F)(F)F)C(F)(F)F. The van der Waals surface area contributed by atoms with Crippen LogP contribution in [0.1, 0.15) is 20.3 Å². The summed E-state index contributed by atoms with van der Waals surface area (Å²) in [6.07, 6.45) is -13.0. The summed E-state index contributed by atoms with van der Waals surface area (Å²) >= 11 is 4.42. The summed E-state index contributed by atoms with van der Waals surface area (Å²) in [4.78, 5) is 5.91. The Kier molecular flexibility index (Phi) is 4.72. The molecule has 0 amide bonds. The summed E-state index contributed by atoms with van der Waals surface area (Å²) in [6, 6.07) is 0. The molecule has 0 aliphatic heterocycles. The highest BCUT2D eigenvalue weighted by Gasteiger charge is 2.76. The van der Waals surface area contributed by atoms with Crippen molar-refractivity contribution in [1.82, 2.24) is 0 Å². The molecule has 0 saturated carbocycles. The number of carbonyl (C=O) groups excluding carboxylic acids is 1. The van der Waals surface area contributed by atoms with Crippen LogP contribution in [0.5, 0.6) is 0 Å². The predicted molar refractivity (Wildman–Crippen MR) is 46.5 cm³/mol. The lowest BCUT2D eigenvalue weighted by Crippen LogP contribution is -2.59. The van der Waals surface area contributed by atoms with Gasteiger partial charge in [0.15, 0.2) is 0 Å². The van der Waals surface area contributed by atoms with Gasteiger partial charge < -0.3 is 4.74 Å². The average Bonchev–Trinajstić information content (AvgIpc) is 2.12. The van der Waals surface area contributed by atoms with Crippen LogP contribution in [0, 0.1) is 0 Å². The lowest BCUT2D eigenvalue weighted by Gasteiger charge is -2.30. The Balaban J connectivity index is 5.30. The molecule has 0 spiro atoms. The topological polar surface area (TPSA) is 26.3 Å². The molecule has 102 valence electrons. The highest BCUT2D eigenvalue weighted by Crippen LogP contribution is 2.48. The predicted octanol–water partition coefficient (Wildman–Crippen LogP) is 3.43. The highest BCUT2D eigenvalue weighted by molar-refractivity contribution is 6.35. The molecular weight excluding hydrogens is 278 g/mol. The third-order valence-corrected chi connectivity index (χ3v) is 2.53. The maximum absolute atomic E-state index is 12.3. The minimum absolute atomic E-state index is 0.0639. The molecule has 17 heavy (non-hydrogen) atoms. The van der Waals surface area contributed by atoms with Crippen molar-refractivity contribution >= 4 is 17.6 Å². The second-order valence-electron chi connectivity index (χ2n) is 3.28. The van der Waals surface area contributed by atoms with Gasteiger partial charge in [0.05, 0.1) is 6.10 Å². The molecule has 0 N–H and O–H groups in total. The molecule has 0 aromatic carbocycles. The molecule has 0 fully saturated rings. The van der Waals surface area contributed by atoms with Crippen LogP contribution in [0.3, 0.4) is 0 Å². The zero-order valence-corrected chi connectivity index (χ0v) is 9.50. The maximum atomic E-state index is 12.3. The summed E-state index contributed by atoms with van der Waals surface area (Å²) < 4.78 is 77.5. The standard InChI is InChI=1S/C8H9ClF6O2/c1-3-4(2)17-5(16)6(9,7(10,11)12)8(13,14)15/h4H,3H2,1-2H3. The summed E-state index contributed by atoms with van der Waals surface area (Å²) in [5, 5.41) is 0. The van der Waals surface area contributed by atoms with E-state index in [1.807, 2.05) is 0 Å². The van der Waals surface area contributed by atoms with Crippen LogP contribution in [-0.2, 0) is 9.53 Å². The van der Waals surface area contributed by atoms with Crippen molar-refractivity contribution < 1.29 is 35.9 Å². The van der Waals surface area contributed by atoms with Gasteiger partial charge in [-0.2, -0.15) is 26.3 Å². The molecule has 2 nitrogen and oxygen atoms in total. The van der Waals surface area contributed by atoms with Gasteiger partial charge in [0.1, 0.15) is 0 Å². The van der Waals surface area contributed by atoms with E-state index in [0.717, 1.165) is 6.92 Å². The quantitative estimate of drug-likeness (QED) is 0.451. The normalized spacial score (nSPS) is 15.6. The first-order chi connectivity index (χ1) is 7.38. The van der Waals surface area contributed by atoms with Crippen LogP contribution in [0.15, 0.2) is 0 Å². The molecule has 0 bridgehead atoms. The van der Waals surface area contributed by atoms with E-state index in [0.29, 0.717) is 0 Å². The number of esters is 1. The van der Waals surface area contributed by atoms with E-state index in [2.05, 4.69) is 16.3 Å². The number of ether oxygens (including phenoxy) is 1. The van der Waals surface area contributed by atoms with Crippen LogP contribution in [0.25, 0.3) is 0 Å². The van der Waals surface area contributed by atoms with Crippen LogP contribution in [0.2, 0.25) is 0 Å². The Morgan fingerprint density at radius 1 is 1.18 bits per heavy atom. The van der Waals surface area contributed by atoms with Gasteiger partial charge in [-0.3, -0.25) is 0 Å². The Morgan fingerprint density at radius 3 is 1.76 bits per heavy atom. The molecule has 0 rings (SSSR count). The molecule has 1 unspecified atom stereocenters. The lowest BCUT2D eigenvalue weighted by atomic mass is 10.1. The number of hydrogen-bond donors (Lipinski definition) is 0. The number of halogens is 7. The first kappa shape index (κ1) is 16.3. The Morgan fingerprint density at radius 2 is 1.53 bits per heavy atom. The lowest BCUT2D eigenvalue weighted by molar-refractivity contribution is -0.269. The molecular formula is C8H9ClF6O2. The van der Waals surface area contributed by atoms with Crippen molar-refractivity contribution in [3.8, 4) is 0 Å². The second kappa shape index (κ2) is 4.91. The Bertz CT molecular complexity index is 271. The zero-order chi connectivity index (χ0) is 14.1. The van der Waals surface area contributed by atoms with Crippen molar-refractivity contribution in [3.05, 3.63) is 0 Å². The monoisotopic (exact) mass is 286 g/mol. The maximum Gasteiger partial charge on any atom is 0.427 e. The smallest absolute Gasteiger partial charge is 0.427 e. The number of alkyl halides is 7. The summed E-state index contributed by atoms with van der Waals surface area (Å²) in [5.74, 6) is -2.56. The molecule has 0 aromatic rings. The fourth-order valence-electron chi connectivity index (χ4n) is 0.739. The van der Waals surface area contributed by atoms with Gasteiger partial charge >= 0.3 is 23.2 Å². The van der Waals surface area contributed by atoms with E-state index in [1.165, 1.54) is 6.92 Å². The first-order valence-electron chi connectivity index (χ1n) is 4.41. The van der Waals surface area contributed by atoms with E-state index in [1.54, 1.807) is 0 Å². The molecule has 0 aliphatic carbocycles. The third kappa shape index (κ3) is 3.17. The third-order valence-electron chi connectivity index (χ3n) is 1.95.